The number of carbonyl (C=O) groups excluding carboxylic acids is 1. The Balaban J connectivity index is 2.37. The van der Waals surface area contributed by atoms with E-state index in [0.717, 1.165) is 5.69 Å². The summed E-state index contributed by atoms with van der Waals surface area (Å²) in [6.45, 7) is 5.92. The summed E-state index contributed by atoms with van der Waals surface area (Å²) in [6.07, 6.45) is 1.53. The molecular formula is C14H24N2O3. The molecule has 0 saturated carbocycles. The van der Waals surface area contributed by atoms with Crippen molar-refractivity contribution >= 4 is 5.91 Å². The maximum atomic E-state index is 12.1. The van der Waals surface area contributed by atoms with Crippen molar-refractivity contribution in [1.29, 1.82) is 0 Å². The van der Waals surface area contributed by atoms with Gasteiger partial charge in [-0.3, -0.25) is 4.79 Å². The number of hydrogen-bond donors (Lipinski definition) is 0. The zero-order chi connectivity index (χ0) is 14.3. The molecule has 1 aromatic rings. The van der Waals surface area contributed by atoms with E-state index in [1.54, 1.807) is 18.9 Å². The van der Waals surface area contributed by atoms with Gasteiger partial charge in [-0.15, -0.1) is 0 Å². The minimum atomic E-state index is -0.439. The first kappa shape index (κ1) is 15.7. The second-order valence-corrected chi connectivity index (χ2v) is 4.51. The number of nitrogens with zero attached hydrogens (tertiary/aromatic N) is 2. The molecule has 1 rings (SSSR count). The lowest BCUT2D eigenvalue weighted by atomic mass is 10.3. The number of rotatable bonds is 8. The van der Waals surface area contributed by atoms with Crippen LogP contribution in [0.25, 0.3) is 0 Å². The van der Waals surface area contributed by atoms with E-state index in [9.17, 15) is 4.79 Å². The van der Waals surface area contributed by atoms with E-state index in [4.69, 9.17) is 9.47 Å². The minimum absolute atomic E-state index is 0.0160. The molecule has 5 heteroatoms. The minimum Gasteiger partial charge on any atom is -0.379 e. The van der Waals surface area contributed by atoms with Crippen LogP contribution in [0.4, 0.5) is 0 Å². The lowest BCUT2D eigenvalue weighted by Gasteiger charge is -2.22. The van der Waals surface area contributed by atoms with Gasteiger partial charge >= 0.3 is 0 Å². The van der Waals surface area contributed by atoms with Crippen LogP contribution in [0.5, 0.6) is 0 Å². The lowest BCUT2D eigenvalue weighted by molar-refractivity contribution is -0.142. The van der Waals surface area contributed by atoms with Gasteiger partial charge in [0.1, 0.15) is 6.10 Å². The van der Waals surface area contributed by atoms with Crippen molar-refractivity contribution < 1.29 is 14.3 Å². The van der Waals surface area contributed by atoms with Crippen LogP contribution in [-0.4, -0.2) is 48.3 Å². The first-order valence-corrected chi connectivity index (χ1v) is 6.60. The molecule has 0 bridgehead atoms. The van der Waals surface area contributed by atoms with Crippen LogP contribution in [0, 0.1) is 0 Å². The van der Waals surface area contributed by atoms with Gasteiger partial charge in [-0.25, -0.2) is 0 Å². The molecule has 0 aromatic carbocycles. The molecule has 19 heavy (non-hydrogen) atoms. The first-order chi connectivity index (χ1) is 9.06. The number of aryl methyl sites for hydroxylation is 1. The molecule has 0 saturated heterocycles. The Kier molecular flexibility index (Phi) is 6.59. The Morgan fingerprint density at radius 1 is 1.47 bits per heavy atom. The quantitative estimate of drug-likeness (QED) is 0.670. The van der Waals surface area contributed by atoms with Crippen LogP contribution in [0.15, 0.2) is 18.3 Å². The molecule has 1 atom stereocenters. The van der Waals surface area contributed by atoms with Crippen LogP contribution in [0.3, 0.4) is 0 Å². The van der Waals surface area contributed by atoms with Crippen molar-refractivity contribution in [1.82, 2.24) is 9.47 Å². The van der Waals surface area contributed by atoms with Crippen molar-refractivity contribution in [2.45, 2.75) is 26.5 Å². The van der Waals surface area contributed by atoms with E-state index < -0.39 is 6.10 Å². The van der Waals surface area contributed by atoms with Crippen molar-refractivity contribution in [3.8, 4) is 0 Å². The normalized spacial score (nSPS) is 12.4. The molecule has 1 heterocycles. The average molecular weight is 268 g/mol. The standard InChI is InChI=1S/C14H24N2O3/c1-5-18-9-10-19-12(2)14(17)16(4)11-13-7-6-8-15(13)3/h6-8,12H,5,9-11H2,1-4H3. The summed E-state index contributed by atoms with van der Waals surface area (Å²) in [5.41, 5.74) is 1.09. The smallest absolute Gasteiger partial charge is 0.251 e. The van der Waals surface area contributed by atoms with Crippen molar-refractivity contribution in [2.75, 3.05) is 26.9 Å². The van der Waals surface area contributed by atoms with Gasteiger partial charge in [-0.2, -0.15) is 0 Å². The molecule has 108 valence electrons. The Hall–Kier alpha value is -1.33. The van der Waals surface area contributed by atoms with E-state index >= 15 is 0 Å². The van der Waals surface area contributed by atoms with Gasteiger partial charge in [0.15, 0.2) is 0 Å². The van der Waals surface area contributed by atoms with Crippen LogP contribution < -0.4 is 0 Å². The molecule has 0 fully saturated rings. The molecule has 1 amide bonds. The summed E-state index contributed by atoms with van der Waals surface area (Å²) in [7, 11) is 3.76. The van der Waals surface area contributed by atoms with Gasteiger partial charge < -0.3 is 18.9 Å². The van der Waals surface area contributed by atoms with Crippen molar-refractivity contribution in [2.24, 2.45) is 7.05 Å². The Labute approximate surface area is 115 Å². The Morgan fingerprint density at radius 2 is 2.21 bits per heavy atom. The predicted octanol–water partition coefficient (Wildman–Crippen LogP) is 1.43. The lowest BCUT2D eigenvalue weighted by Crippen LogP contribution is -2.36. The molecule has 0 spiro atoms. The topological polar surface area (TPSA) is 43.7 Å². The first-order valence-electron chi connectivity index (χ1n) is 6.60. The number of ether oxygens (including phenoxy) is 2. The molecule has 1 aromatic heterocycles. The molecule has 0 radical (unpaired) electrons. The average Bonchev–Trinajstić information content (AvgIpc) is 2.79. The summed E-state index contributed by atoms with van der Waals surface area (Å²) in [5, 5.41) is 0. The number of aromatic nitrogens is 1. The van der Waals surface area contributed by atoms with Gasteiger partial charge in [0.25, 0.3) is 5.91 Å². The summed E-state index contributed by atoms with van der Waals surface area (Å²) < 4.78 is 12.6. The zero-order valence-corrected chi connectivity index (χ0v) is 12.3. The zero-order valence-electron chi connectivity index (χ0n) is 12.3. The molecule has 0 aliphatic rings. The molecule has 0 aliphatic heterocycles. The third-order valence-electron chi connectivity index (χ3n) is 2.97. The fourth-order valence-electron chi connectivity index (χ4n) is 1.79. The largest absolute Gasteiger partial charge is 0.379 e. The number of likely N-dealkylation sites (N-methyl/N-ethyl adjacent to an activating group) is 1. The Morgan fingerprint density at radius 3 is 2.79 bits per heavy atom. The summed E-state index contributed by atoms with van der Waals surface area (Å²) >= 11 is 0. The van der Waals surface area contributed by atoms with Crippen LogP contribution >= 0.6 is 0 Å². The highest BCUT2D eigenvalue weighted by Crippen LogP contribution is 2.06. The number of amides is 1. The van der Waals surface area contributed by atoms with Gasteiger partial charge in [0.2, 0.25) is 0 Å². The fourth-order valence-corrected chi connectivity index (χ4v) is 1.79. The van der Waals surface area contributed by atoms with E-state index in [2.05, 4.69) is 0 Å². The van der Waals surface area contributed by atoms with Crippen molar-refractivity contribution in [3.05, 3.63) is 24.0 Å². The molecule has 5 nitrogen and oxygen atoms in total. The second-order valence-electron chi connectivity index (χ2n) is 4.51. The monoisotopic (exact) mass is 268 g/mol. The maximum Gasteiger partial charge on any atom is 0.251 e. The number of carbonyl (C=O) groups is 1. The van der Waals surface area contributed by atoms with Crippen LogP contribution in [-0.2, 0) is 27.9 Å². The SMILES string of the molecule is CCOCCOC(C)C(=O)N(C)Cc1cccn1C. The van der Waals surface area contributed by atoms with Gasteiger partial charge in [0.05, 0.1) is 19.8 Å². The van der Waals surface area contributed by atoms with Gasteiger partial charge in [-0.05, 0) is 26.0 Å². The maximum absolute atomic E-state index is 12.1. The Bertz CT molecular complexity index is 390. The highest BCUT2D eigenvalue weighted by molar-refractivity contribution is 5.80. The summed E-state index contributed by atoms with van der Waals surface area (Å²) in [4.78, 5) is 13.8. The molecule has 0 N–H and O–H groups in total. The third kappa shape index (κ3) is 5.04. The van der Waals surface area contributed by atoms with E-state index in [1.807, 2.05) is 36.9 Å². The van der Waals surface area contributed by atoms with E-state index in [0.29, 0.717) is 26.4 Å². The summed E-state index contributed by atoms with van der Waals surface area (Å²) in [6, 6.07) is 3.97. The van der Waals surface area contributed by atoms with E-state index in [1.165, 1.54) is 0 Å². The summed E-state index contributed by atoms with van der Waals surface area (Å²) in [5.74, 6) is -0.0160. The molecule has 1 unspecified atom stereocenters. The van der Waals surface area contributed by atoms with Crippen LogP contribution in [0.2, 0.25) is 0 Å². The fraction of sp³-hybridized carbons (Fsp3) is 0.643. The highest BCUT2D eigenvalue weighted by Gasteiger charge is 2.18. The molecular weight excluding hydrogens is 244 g/mol. The highest BCUT2D eigenvalue weighted by atomic mass is 16.5. The second kappa shape index (κ2) is 7.96. The van der Waals surface area contributed by atoms with Gasteiger partial charge in [0, 0.05) is 32.6 Å². The third-order valence-corrected chi connectivity index (χ3v) is 2.97. The number of hydrogen-bond acceptors (Lipinski definition) is 3. The van der Waals surface area contributed by atoms with Crippen molar-refractivity contribution in [3.63, 3.8) is 0 Å². The van der Waals surface area contributed by atoms with Crippen LogP contribution in [0.1, 0.15) is 19.5 Å². The predicted molar refractivity (Wildman–Crippen MR) is 73.8 cm³/mol. The molecule has 0 aliphatic carbocycles. The van der Waals surface area contributed by atoms with Gasteiger partial charge in [-0.1, -0.05) is 0 Å². The van der Waals surface area contributed by atoms with E-state index in [-0.39, 0.29) is 5.91 Å².